The zero-order chi connectivity index (χ0) is 11.8. The first kappa shape index (κ1) is 13.5. The quantitative estimate of drug-likeness (QED) is 0.620. The molecule has 1 unspecified atom stereocenters. The molecule has 0 spiro atoms. The van der Waals surface area contributed by atoms with E-state index >= 15 is 0 Å². The Morgan fingerprint density at radius 1 is 1.50 bits per heavy atom. The van der Waals surface area contributed by atoms with E-state index in [0.717, 1.165) is 13.1 Å². The van der Waals surface area contributed by atoms with E-state index in [2.05, 4.69) is 71.8 Å². The van der Waals surface area contributed by atoms with E-state index in [1.807, 2.05) is 12.2 Å². The van der Waals surface area contributed by atoms with Crippen LogP contribution in [0.4, 0.5) is 0 Å². The van der Waals surface area contributed by atoms with E-state index in [9.17, 15) is 0 Å². The summed E-state index contributed by atoms with van der Waals surface area (Å²) >= 11 is 2.34. The van der Waals surface area contributed by atoms with Crippen LogP contribution in [0.1, 0.15) is 12.5 Å². The third-order valence-electron chi connectivity index (χ3n) is 2.26. The van der Waals surface area contributed by atoms with Crippen LogP contribution in [-0.2, 0) is 6.54 Å². The van der Waals surface area contributed by atoms with Gasteiger partial charge in [0.2, 0.25) is 0 Å². The molecule has 0 aromatic heterocycles. The maximum atomic E-state index is 3.66. The molecule has 0 radical (unpaired) electrons. The lowest BCUT2D eigenvalue weighted by atomic mass is 10.1. The summed E-state index contributed by atoms with van der Waals surface area (Å²) < 4.78 is 1.29. The first-order valence-electron chi connectivity index (χ1n) is 5.46. The fraction of sp³-hybridized carbons (Fsp3) is 0.286. The van der Waals surface area contributed by atoms with Crippen molar-refractivity contribution < 1.29 is 0 Å². The fourth-order valence-electron chi connectivity index (χ4n) is 1.43. The van der Waals surface area contributed by atoms with Crippen molar-refractivity contribution in [2.45, 2.75) is 13.5 Å². The van der Waals surface area contributed by atoms with Crippen LogP contribution in [0.5, 0.6) is 0 Å². The first-order chi connectivity index (χ1) is 7.72. The molecule has 1 aromatic carbocycles. The average Bonchev–Trinajstić information content (AvgIpc) is 2.26. The number of hydrogen-bond donors (Lipinski definition) is 1. The molecule has 0 aliphatic carbocycles. The summed E-state index contributed by atoms with van der Waals surface area (Å²) in [4.78, 5) is 0. The molecule has 1 rings (SSSR count). The molecule has 0 saturated heterocycles. The molecule has 0 amide bonds. The lowest BCUT2D eigenvalue weighted by molar-refractivity contribution is 0.593. The number of allylic oxidation sites excluding steroid dienone is 2. The van der Waals surface area contributed by atoms with Crippen LogP contribution in [0.25, 0.3) is 0 Å². The van der Waals surface area contributed by atoms with Crippen molar-refractivity contribution in [3.8, 4) is 0 Å². The standard InChI is InChI=1S/C14H18IN/c1-3-4-6-12(2)10-16-11-13-7-5-8-14(15)9-13/h3-9,12,16H,1,10-11H2,2H3/b6-4-. The summed E-state index contributed by atoms with van der Waals surface area (Å²) in [6.07, 6.45) is 5.97. The molecule has 1 atom stereocenters. The number of rotatable bonds is 6. The Morgan fingerprint density at radius 3 is 3.00 bits per heavy atom. The molecule has 0 saturated carbocycles. The normalized spacial score (nSPS) is 12.9. The molecule has 2 heteroatoms. The van der Waals surface area contributed by atoms with Crippen molar-refractivity contribution in [3.05, 3.63) is 58.2 Å². The van der Waals surface area contributed by atoms with Gasteiger partial charge in [-0.3, -0.25) is 0 Å². The van der Waals surface area contributed by atoms with Gasteiger partial charge in [-0.15, -0.1) is 0 Å². The molecule has 0 aliphatic heterocycles. The van der Waals surface area contributed by atoms with Crippen LogP contribution in [0.2, 0.25) is 0 Å². The minimum atomic E-state index is 0.542. The molecule has 0 bridgehead atoms. The lowest BCUT2D eigenvalue weighted by Crippen LogP contribution is -2.19. The van der Waals surface area contributed by atoms with Crippen LogP contribution < -0.4 is 5.32 Å². The summed E-state index contributed by atoms with van der Waals surface area (Å²) in [5.74, 6) is 0.542. The number of benzene rings is 1. The molecule has 1 N–H and O–H groups in total. The molecule has 1 aromatic rings. The Hall–Kier alpha value is -0.610. The van der Waals surface area contributed by atoms with Gasteiger partial charge in [0.25, 0.3) is 0 Å². The first-order valence-corrected chi connectivity index (χ1v) is 6.54. The van der Waals surface area contributed by atoms with Crippen molar-refractivity contribution in [1.82, 2.24) is 5.32 Å². The Balaban J connectivity index is 2.30. The van der Waals surface area contributed by atoms with E-state index in [4.69, 9.17) is 0 Å². The maximum absolute atomic E-state index is 3.66. The van der Waals surface area contributed by atoms with Gasteiger partial charge in [0.1, 0.15) is 0 Å². The van der Waals surface area contributed by atoms with Crippen molar-refractivity contribution >= 4 is 22.6 Å². The topological polar surface area (TPSA) is 12.0 Å². The van der Waals surface area contributed by atoms with E-state index in [0.29, 0.717) is 5.92 Å². The van der Waals surface area contributed by atoms with Gasteiger partial charge in [0.15, 0.2) is 0 Å². The fourth-order valence-corrected chi connectivity index (χ4v) is 2.03. The van der Waals surface area contributed by atoms with Gasteiger partial charge in [-0.1, -0.05) is 43.9 Å². The van der Waals surface area contributed by atoms with E-state index in [1.165, 1.54) is 9.13 Å². The van der Waals surface area contributed by atoms with Crippen molar-refractivity contribution in [1.29, 1.82) is 0 Å². The van der Waals surface area contributed by atoms with Crippen molar-refractivity contribution in [2.24, 2.45) is 5.92 Å². The van der Waals surface area contributed by atoms with E-state index < -0.39 is 0 Å². The third-order valence-corrected chi connectivity index (χ3v) is 2.93. The third kappa shape index (κ3) is 5.47. The molecular weight excluding hydrogens is 309 g/mol. The van der Waals surface area contributed by atoms with Gasteiger partial charge >= 0.3 is 0 Å². The van der Waals surface area contributed by atoms with Crippen LogP contribution in [0.15, 0.2) is 49.1 Å². The van der Waals surface area contributed by atoms with Gasteiger partial charge in [-0.05, 0) is 46.2 Å². The van der Waals surface area contributed by atoms with Crippen LogP contribution in [0, 0.1) is 9.49 Å². The zero-order valence-electron chi connectivity index (χ0n) is 9.62. The molecule has 1 nitrogen and oxygen atoms in total. The second-order valence-electron chi connectivity index (χ2n) is 3.86. The monoisotopic (exact) mass is 327 g/mol. The van der Waals surface area contributed by atoms with Gasteiger partial charge in [0, 0.05) is 16.7 Å². The molecule has 0 aliphatic rings. The van der Waals surface area contributed by atoms with Crippen molar-refractivity contribution in [2.75, 3.05) is 6.54 Å². The van der Waals surface area contributed by atoms with E-state index in [1.54, 1.807) is 0 Å². The smallest absolute Gasteiger partial charge is 0.0206 e. The SMILES string of the molecule is C=C/C=C\C(C)CNCc1cccc(I)c1. The van der Waals surface area contributed by atoms with Gasteiger partial charge in [-0.2, -0.15) is 0 Å². The number of halogens is 1. The Kier molecular flexibility index (Phi) is 6.42. The van der Waals surface area contributed by atoms with E-state index in [-0.39, 0.29) is 0 Å². The highest BCUT2D eigenvalue weighted by Gasteiger charge is 1.97. The molecule has 0 fully saturated rings. The summed E-state index contributed by atoms with van der Waals surface area (Å²) in [7, 11) is 0. The van der Waals surface area contributed by atoms with Gasteiger partial charge in [0.05, 0.1) is 0 Å². The predicted molar refractivity (Wildman–Crippen MR) is 79.4 cm³/mol. The summed E-state index contributed by atoms with van der Waals surface area (Å²) in [5.41, 5.74) is 1.34. The molecule has 16 heavy (non-hydrogen) atoms. The predicted octanol–water partition coefficient (Wildman–Crippen LogP) is 3.76. The Morgan fingerprint density at radius 2 is 2.31 bits per heavy atom. The summed E-state index contributed by atoms with van der Waals surface area (Å²) in [5, 5.41) is 3.45. The molecule has 0 heterocycles. The highest BCUT2D eigenvalue weighted by atomic mass is 127. The second-order valence-corrected chi connectivity index (χ2v) is 5.10. The highest BCUT2D eigenvalue weighted by molar-refractivity contribution is 14.1. The Labute approximate surface area is 112 Å². The molecular formula is C14H18IN. The van der Waals surface area contributed by atoms with Crippen molar-refractivity contribution in [3.63, 3.8) is 0 Å². The van der Waals surface area contributed by atoms with Gasteiger partial charge in [-0.25, -0.2) is 0 Å². The maximum Gasteiger partial charge on any atom is 0.0206 e. The lowest BCUT2D eigenvalue weighted by Gasteiger charge is -2.08. The zero-order valence-corrected chi connectivity index (χ0v) is 11.8. The summed E-state index contributed by atoms with van der Waals surface area (Å²) in [6.45, 7) is 7.79. The summed E-state index contributed by atoms with van der Waals surface area (Å²) in [6, 6.07) is 8.57. The van der Waals surface area contributed by atoms with Crippen LogP contribution >= 0.6 is 22.6 Å². The van der Waals surface area contributed by atoms with Gasteiger partial charge < -0.3 is 5.32 Å². The van der Waals surface area contributed by atoms with Crippen LogP contribution in [0.3, 0.4) is 0 Å². The molecule has 86 valence electrons. The number of hydrogen-bond acceptors (Lipinski definition) is 1. The highest BCUT2D eigenvalue weighted by Crippen LogP contribution is 2.07. The van der Waals surface area contributed by atoms with Crippen LogP contribution in [-0.4, -0.2) is 6.54 Å². The second kappa shape index (κ2) is 7.63. The average molecular weight is 327 g/mol. The minimum absolute atomic E-state index is 0.542. The minimum Gasteiger partial charge on any atom is -0.312 e. The largest absolute Gasteiger partial charge is 0.312 e. The Bertz CT molecular complexity index is 358. The number of nitrogens with one attached hydrogen (secondary N) is 1.